The van der Waals surface area contributed by atoms with E-state index in [0.29, 0.717) is 0 Å². The van der Waals surface area contributed by atoms with Crippen molar-refractivity contribution >= 4 is 11.8 Å². The first-order valence-electron chi connectivity index (χ1n) is 12.3. The lowest BCUT2D eigenvalue weighted by Crippen LogP contribution is -2.50. The van der Waals surface area contributed by atoms with Crippen LogP contribution in [0.25, 0.3) is 0 Å². The molecule has 0 radical (unpaired) electrons. The van der Waals surface area contributed by atoms with Crippen molar-refractivity contribution in [1.82, 2.24) is 10.6 Å². The fraction of sp³-hybridized carbons (Fsp3) is 0.571. The Morgan fingerprint density at radius 1 is 1.12 bits per heavy atom. The van der Waals surface area contributed by atoms with Gasteiger partial charge >= 0.3 is 0 Å². The Morgan fingerprint density at radius 2 is 1.82 bits per heavy atom. The number of aliphatic hydroxyl groups is 1. The number of rotatable bonds is 9. The molecule has 0 bridgehead atoms. The first-order chi connectivity index (χ1) is 15.6. The number of hydrogen-bond donors (Lipinski definition) is 3. The number of carbonyl (C=O) groups excluding carboxylic acids is 2. The van der Waals surface area contributed by atoms with E-state index >= 15 is 0 Å². The Bertz CT molecular complexity index is 852. The summed E-state index contributed by atoms with van der Waals surface area (Å²) in [6, 6.07) is -0.780. The predicted molar refractivity (Wildman–Crippen MR) is 136 cm³/mol. The van der Waals surface area contributed by atoms with E-state index in [0.717, 1.165) is 36.8 Å². The van der Waals surface area contributed by atoms with Gasteiger partial charge in [-0.1, -0.05) is 68.2 Å². The van der Waals surface area contributed by atoms with Crippen molar-refractivity contribution in [3.05, 3.63) is 58.7 Å². The Kier molecular flexibility index (Phi) is 10.4. The summed E-state index contributed by atoms with van der Waals surface area (Å²) >= 11 is 0. The molecule has 1 saturated carbocycles. The van der Waals surface area contributed by atoms with Crippen LogP contribution in [0.2, 0.25) is 0 Å². The molecule has 0 aromatic heterocycles. The fourth-order valence-corrected chi connectivity index (χ4v) is 4.67. The summed E-state index contributed by atoms with van der Waals surface area (Å²) in [6.45, 7) is 10.3. The summed E-state index contributed by atoms with van der Waals surface area (Å²) < 4.78 is 0. The molecule has 2 aliphatic carbocycles. The van der Waals surface area contributed by atoms with Crippen LogP contribution in [0.4, 0.5) is 0 Å². The average molecular weight is 455 g/mol. The smallest absolute Gasteiger partial charge is 0.245 e. The second kappa shape index (κ2) is 12.7. The molecule has 0 aromatic rings. The molecule has 2 aliphatic rings. The average Bonchev–Trinajstić information content (AvgIpc) is 3.24. The van der Waals surface area contributed by atoms with Crippen LogP contribution in [0.15, 0.2) is 58.7 Å². The molecule has 5 heteroatoms. The highest BCUT2D eigenvalue weighted by Gasteiger charge is 2.26. The minimum Gasteiger partial charge on any atom is -0.394 e. The maximum atomic E-state index is 12.3. The van der Waals surface area contributed by atoms with Crippen molar-refractivity contribution in [2.24, 2.45) is 5.41 Å². The Balaban J connectivity index is 1.90. The van der Waals surface area contributed by atoms with Crippen LogP contribution in [0, 0.1) is 5.41 Å². The molecule has 0 aliphatic heterocycles. The van der Waals surface area contributed by atoms with Gasteiger partial charge in [-0.05, 0) is 69.4 Å². The zero-order chi connectivity index (χ0) is 24.4. The van der Waals surface area contributed by atoms with E-state index in [4.69, 9.17) is 0 Å². The van der Waals surface area contributed by atoms with Gasteiger partial charge in [-0.25, -0.2) is 0 Å². The van der Waals surface area contributed by atoms with Crippen LogP contribution in [0.1, 0.15) is 79.6 Å². The monoisotopic (exact) mass is 454 g/mol. The Labute approximate surface area is 199 Å². The molecule has 2 rings (SSSR count). The van der Waals surface area contributed by atoms with Crippen molar-refractivity contribution in [3.8, 4) is 0 Å². The van der Waals surface area contributed by atoms with Crippen molar-refractivity contribution in [2.75, 3.05) is 6.61 Å². The lowest BCUT2D eigenvalue weighted by Gasteiger charge is -2.32. The summed E-state index contributed by atoms with van der Waals surface area (Å²) in [4.78, 5) is 24.6. The van der Waals surface area contributed by atoms with Gasteiger partial charge in [0.2, 0.25) is 11.8 Å². The number of carbonyl (C=O) groups is 2. The van der Waals surface area contributed by atoms with Crippen molar-refractivity contribution in [3.63, 3.8) is 0 Å². The third kappa shape index (κ3) is 8.81. The number of hydrogen-bond acceptors (Lipinski definition) is 3. The van der Waals surface area contributed by atoms with E-state index in [1.165, 1.54) is 36.5 Å². The first kappa shape index (κ1) is 26.8. The van der Waals surface area contributed by atoms with Gasteiger partial charge in [-0.2, -0.15) is 0 Å². The molecular weight excluding hydrogens is 412 g/mol. The SMILES string of the molecule is CC(C=CC1=C(C)CCCC1(C)C)=CC=CC(C)=CC(=O)NC(CO)C(=O)NC1CCCC1. The number of allylic oxidation sites excluding steroid dienone is 9. The molecule has 5 nitrogen and oxygen atoms in total. The highest BCUT2D eigenvalue weighted by molar-refractivity contribution is 5.93. The fourth-order valence-electron chi connectivity index (χ4n) is 4.67. The van der Waals surface area contributed by atoms with Gasteiger partial charge in [0, 0.05) is 12.1 Å². The van der Waals surface area contributed by atoms with Crippen LogP contribution in [0.3, 0.4) is 0 Å². The van der Waals surface area contributed by atoms with E-state index in [-0.39, 0.29) is 23.3 Å². The summed E-state index contributed by atoms with van der Waals surface area (Å²) in [5.41, 5.74) is 5.04. The van der Waals surface area contributed by atoms with Gasteiger partial charge in [0.15, 0.2) is 0 Å². The summed E-state index contributed by atoms with van der Waals surface area (Å²) in [6.07, 6.45) is 19.4. The third-order valence-corrected chi connectivity index (χ3v) is 6.65. The Morgan fingerprint density at radius 3 is 2.45 bits per heavy atom. The zero-order valence-corrected chi connectivity index (χ0v) is 21.0. The molecular formula is C28H42N2O3. The molecule has 0 aromatic carbocycles. The topological polar surface area (TPSA) is 78.4 Å². The van der Waals surface area contributed by atoms with E-state index in [9.17, 15) is 14.7 Å². The molecule has 0 heterocycles. The molecule has 182 valence electrons. The van der Waals surface area contributed by atoms with Gasteiger partial charge in [0.05, 0.1) is 6.61 Å². The quantitative estimate of drug-likeness (QED) is 0.337. The molecule has 0 saturated heterocycles. The first-order valence-corrected chi connectivity index (χ1v) is 12.3. The van der Waals surface area contributed by atoms with E-state index in [2.05, 4.69) is 50.5 Å². The Hall–Kier alpha value is -2.40. The van der Waals surface area contributed by atoms with E-state index in [1.54, 1.807) is 0 Å². The molecule has 1 unspecified atom stereocenters. The molecule has 1 atom stereocenters. The highest BCUT2D eigenvalue weighted by Crippen LogP contribution is 2.40. The normalized spacial score (nSPS) is 21.2. The second-order valence-electron chi connectivity index (χ2n) is 10.2. The predicted octanol–water partition coefficient (Wildman–Crippen LogP) is 5.05. The van der Waals surface area contributed by atoms with Crippen molar-refractivity contribution in [2.45, 2.75) is 91.6 Å². The summed E-state index contributed by atoms with van der Waals surface area (Å²) in [5.74, 6) is -0.712. The largest absolute Gasteiger partial charge is 0.394 e. The number of aliphatic hydroxyl groups excluding tert-OH is 1. The van der Waals surface area contributed by atoms with Crippen LogP contribution in [-0.4, -0.2) is 35.6 Å². The zero-order valence-electron chi connectivity index (χ0n) is 21.0. The van der Waals surface area contributed by atoms with Gasteiger partial charge in [0.1, 0.15) is 6.04 Å². The van der Waals surface area contributed by atoms with Crippen LogP contribution in [-0.2, 0) is 9.59 Å². The maximum absolute atomic E-state index is 12.3. The van der Waals surface area contributed by atoms with Crippen molar-refractivity contribution < 1.29 is 14.7 Å². The lowest BCUT2D eigenvalue weighted by atomic mass is 9.72. The number of amides is 2. The minimum absolute atomic E-state index is 0.150. The van der Waals surface area contributed by atoms with Gasteiger partial charge in [-0.15, -0.1) is 0 Å². The van der Waals surface area contributed by atoms with Gasteiger partial charge < -0.3 is 15.7 Å². The molecule has 0 spiro atoms. The molecule has 2 amide bonds. The molecule has 1 fully saturated rings. The molecule has 3 N–H and O–H groups in total. The van der Waals surface area contributed by atoms with Gasteiger partial charge in [0.25, 0.3) is 0 Å². The van der Waals surface area contributed by atoms with Crippen LogP contribution < -0.4 is 10.6 Å². The lowest BCUT2D eigenvalue weighted by molar-refractivity contribution is -0.128. The van der Waals surface area contributed by atoms with E-state index < -0.39 is 12.6 Å². The second-order valence-corrected chi connectivity index (χ2v) is 10.2. The maximum Gasteiger partial charge on any atom is 0.245 e. The minimum atomic E-state index is -0.930. The van der Waals surface area contributed by atoms with Crippen molar-refractivity contribution in [1.29, 1.82) is 0 Å². The highest BCUT2D eigenvalue weighted by atomic mass is 16.3. The number of nitrogens with one attached hydrogen (secondary N) is 2. The van der Waals surface area contributed by atoms with Gasteiger partial charge in [-0.3, -0.25) is 9.59 Å². The van der Waals surface area contributed by atoms with E-state index in [1.807, 2.05) is 25.2 Å². The van der Waals surface area contributed by atoms with Crippen LogP contribution in [0.5, 0.6) is 0 Å². The molecule has 33 heavy (non-hydrogen) atoms. The summed E-state index contributed by atoms with van der Waals surface area (Å²) in [5, 5.41) is 15.0. The standard InChI is InChI=1S/C28H42N2O3/c1-20(15-16-24-22(3)12-9-17-28(24,4)5)10-8-11-21(2)18-26(32)30-25(19-31)27(33)29-23-13-6-7-14-23/h8,10-11,15-16,18,23,25,31H,6-7,9,12-14,17,19H2,1-5H3,(H,29,33)(H,30,32). The third-order valence-electron chi connectivity index (χ3n) is 6.65. The summed E-state index contributed by atoms with van der Waals surface area (Å²) in [7, 11) is 0. The van der Waals surface area contributed by atoms with Crippen LogP contribution >= 0.6 is 0 Å².